The fourth-order valence-corrected chi connectivity index (χ4v) is 11.2. The van der Waals surface area contributed by atoms with Crippen molar-refractivity contribution < 1.29 is 27.6 Å². The number of aromatic nitrogens is 7. The minimum absolute atomic E-state index is 0.0112. The third-order valence-electron chi connectivity index (χ3n) is 14.4. The Labute approximate surface area is 370 Å². The van der Waals surface area contributed by atoms with Gasteiger partial charge in [0.1, 0.15) is 22.9 Å². The number of amides is 2. The summed E-state index contributed by atoms with van der Waals surface area (Å²) in [6.45, 7) is 10.2. The van der Waals surface area contributed by atoms with Gasteiger partial charge in [-0.1, -0.05) is 24.2 Å². The maximum absolute atomic E-state index is 15.8. The van der Waals surface area contributed by atoms with Crippen molar-refractivity contribution in [1.29, 1.82) is 0 Å². The SMILES string of the molecule is Cc1cc(-n2nc3c(c2-n2ccn(-c4cccc(C(N)=O)c4F)c2=O)[C@@H]2CC[C@H](C3)N2C(=O)c2cc3cc([C@H]4CCOC(C)(C)C4)ccc3n2[C@@]2(c3noc(=O)[nH]3)C[C@@H]2C)cc(C)c1F. The topological polar surface area (TPSA) is 181 Å². The number of carbonyl (C=O) groups is 2. The van der Waals surface area contributed by atoms with Crippen molar-refractivity contribution in [3.8, 4) is 17.2 Å². The van der Waals surface area contributed by atoms with Gasteiger partial charge in [-0.3, -0.25) is 28.2 Å². The molecule has 2 saturated heterocycles. The summed E-state index contributed by atoms with van der Waals surface area (Å²) in [5.41, 5.74) is 8.07. The number of hydrogen-bond acceptors (Lipinski definition) is 8. The monoisotopic (exact) mass is 883 g/mol. The second-order valence-corrected chi connectivity index (χ2v) is 18.9. The van der Waals surface area contributed by atoms with Gasteiger partial charge >= 0.3 is 11.4 Å². The van der Waals surface area contributed by atoms with E-state index in [0.29, 0.717) is 77.7 Å². The van der Waals surface area contributed by atoms with Crippen molar-refractivity contribution in [3.63, 3.8) is 0 Å². The van der Waals surface area contributed by atoms with Gasteiger partial charge in [-0.25, -0.2) is 23.1 Å². The molecule has 3 aliphatic heterocycles. The molecule has 3 N–H and O–H groups in total. The molecule has 0 unspecified atom stereocenters. The summed E-state index contributed by atoms with van der Waals surface area (Å²) in [6.07, 6.45) is 6.79. The normalized spacial score (nSPS) is 23.3. The van der Waals surface area contributed by atoms with Crippen LogP contribution in [0.25, 0.3) is 28.1 Å². The van der Waals surface area contributed by atoms with Crippen molar-refractivity contribution in [2.24, 2.45) is 11.7 Å². The molecule has 334 valence electrons. The highest BCUT2D eigenvalue weighted by molar-refractivity contribution is 6.00. The molecule has 0 spiro atoms. The lowest BCUT2D eigenvalue weighted by molar-refractivity contribution is -0.0592. The first-order valence-electron chi connectivity index (χ1n) is 22.0. The van der Waals surface area contributed by atoms with Crippen LogP contribution in [-0.4, -0.2) is 68.6 Å². The Morgan fingerprint density at radius 3 is 2.38 bits per heavy atom. The number of aromatic amines is 1. The zero-order valence-electron chi connectivity index (χ0n) is 36.5. The number of ether oxygens (including phenoxy) is 1. The molecular weight excluding hydrogens is 837 g/mol. The smallest absolute Gasteiger partial charge is 0.376 e. The highest BCUT2D eigenvalue weighted by atomic mass is 19.1. The Bertz CT molecular complexity index is 3260. The van der Waals surface area contributed by atoms with Gasteiger partial charge in [0.15, 0.2) is 11.6 Å². The number of fused-ring (bicyclic) bond motifs is 5. The number of primary amides is 1. The van der Waals surface area contributed by atoms with E-state index in [-0.39, 0.29) is 46.5 Å². The Kier molecular flexibility index (Phi) is 9.00. The first-order valence-corrected chi connectivity index (χ1v) is 22.0. The summed E-state index contributed by atoms with van der Waals surface area (Å²) < 4.78 is 48.1. The highest BCUT2D eigenvalue weighted by Gasteiger charge is 2.59. The van der Waals surface area contributed by atoms with Crippen LogP contribution >= 0.6 is 0 Å². The van der Waals surface area contributed by atoms with E-state index in [1.807, 2.05) is 15.5 Å². The second-order valence-electron chi connectivity index (χ2n) is 18.9. The fourth-order valence-electron chi connectivity index (χ4n) is 11.2. The van der Waals surface area contributed by atoms with Crippen LogP contribution in [-0.2, 0) is 16.7 Å². The molecule has 7 heterocycles. The Balaban J connectivity index is 1.08. The summed E-state index contributed by atoms with van der Waals surface area (Å²) >= 11 is 0. The standard InChI is InChI=1S/C48H47F2N9O6/c1-24-17-31(18-25(2)39(24)49)59-42(56-15-14-55(46(56)63)36-8-6-7-32(40(36)50)41(51)60)38-33(53-59)21-30-10-12-35(38)57(30)43(61)37-20-29-19-27(28-13-16-64-47(4,5)23-28)9-11-34(29)58(37)48(22-26(48)3)44-52-45(62)65-54-44/h6-9,11,14-15,17-20,26,28,30,35H,10,12-13,16,21-23H2,1-5H3,(H2,51,60)(H,52,54,62)/t26-,28-,30+,35-,48-/m0/s1. The molecule has 2 bridgehead atoms. The van der Waals surface area contributed by atoms with Crippen LogP contribution in [0.2, 0.25) is 0 Å². The van der Waals surface area contributed by atoms with Crippen molar-refractivity contribution in [3.05, 3.63) is 145 Å². The van der Waals surface area contributed by atoms with Gasteiger partial charge in [0.05, 0.1) is 34.3 Å². The third kappa shape index (κ3) is 6.14. The zero-order valence-corrected chi connectivity index (χ0v) is 36.5. The summed E-state index contributed by atoms with van der Waals surface area (Å²) in [7, 11) is 0. The van der Waals surface area contributed by atoms with Crippen LogP contribution in [0, 0.1) is 31.4 Å². The van der Waals surface area contributed by atoms with Gasteiger partial charge < -0.3 is 19.9 Å². The molecule has 7 aromatic rings. The lowest BCUT2D eigenvalue weighted by Gasteiger charge is -2.36. The molecule has 17 heteroatoms. The highest BCUT2D eigenvalue weighted by Crippen LogP contribution is 2.57. The molecule has 15 nitrogen and oxygen atoms in total. The number of imidazole rings is 1. The molecule has 5 atom stereocenters. The lowest BCUT2D eigenvalue weighted by Crippen LogP contribution is -2.43. The number of hydrogen-bond donors (Lipinski definition) is 2. The number of benzene rings is 3. The number of H-pyrrole nitrogens is 1. The average molecular weight is 884 g/mol. The van der Waals surface area contributed by atoms with Crippen molar-refractivity contribution >= 4 is 22.7 Å². The molecule has 65 heavy (non-hydrogen) atoms. The number of halogens is 2. The first-order chi connectivity index (χ1) is 31.1. The molecule has 3 fully saturated rings. The van der Waals surface area contributed by atoms with Crippen LogP contribution in [0.1, 0.15) is 119 Å². The van der Waals surface area contributed by atoms with Crippen LogP contribution in [0.15, 0.2) is 81.1 Å². The number of carbonyl (C=O) groups excluding carboxylic acids is 2. The largest absolute Gasteiger partial charge is 0.438 e. The summed E-state index contributed by atoms with van der Waals surface area (Å²) in [6, 6.07) is 14.9. The van der Waals surface area contributed by atoms with Gasteiger partial charge in [0.25, 0.3) is 11.8 Å². The van der Waals surface area contributed by atoms with E-state index in [1.54, 1.807) is 30.7 Å². The molecule has 11 rings (SSSR count). The van der Waals surface area contributed by atoms with Crippen LogP contribution in [0.4, 0.5) is 8.78 Å². The predicted molar refractivity (Wildman–Crippen MR) is 234 cm³/mol. The van der Waals surface area contributed by atoms with Gasteiger partial charge in [0, 0.05) is 47.9 Å². The number of nitrogens with zero attached hydrogens (tertiary/aromatic N) is 7. The number of rotatable bonds is 8. The molecule has 4 aromatic heterocycles. The van der Waals surface area contributed by atoms with Gasteiger partial charge in [-0.05, 0) is 131 Å². The lowest BCUT2D eigenvalue weighted by atomic mass is 9.83. The van der Waals surface area contributed by atoms with E-state index in [4.69, 9.17) is 20.1 Å². The van der Waals surface area contributed by atoms with E-state index < -0.39 is 34.8 Å². The number of aryl methyl sites for hydroxylation is 2. The molecule has 1 saturated carbocycles. The quantitative estimate of drug-likeness (QED) is 0.167. The maximum atomic E-state index is 15.8. The summed E-state index contributed by atoms with van der Waals surface area (Å²) in [5, 5.41) is 10.2. The minimum Gasteiger partial charge on any atom is -0.376 e. The second kappa shape index (κ2) is 14.3. The Morgan fingerprint density at radius 1 is 0.938 bits per heavy atom. The van der Waals surface area contributed by atoms with Gasteiger partial charge in [0.2, 0.25) is 0 Å². The molecule has 1 aliphatic carbocycles. The minimum atomic E-state index is -0.981. The van der Waals surface area contributed by atoms with Gasteiger partial charge in [-0.2, -0.15) is 5.10 Å². The van der Waals surface area contributed by atoms with Crippen LogP contribution in [0.3, 0.4) is 0 Å². The van der Waals surface area contributed by atoms with E-state index in [9.17, 15) is 14.4 Å². The maximum Gasteiger partial charge on any atom is 0.438 e. The summed E-state index contributed by atoms with van der Waals surface area (Å²) in [4.78, 5) is 59.6. The molecule has 3 aromatic carbocycles. The van der Waals surface area contributed by atoms with Crippen LogP contribution < -0.4 is 17.2 Å². The Morgan fingerprint density at radius 2 is 1.69 bits per heavy atom. The number of nitrogens with two attached hydrogens (primary N) is 1. The molecule has 0 radical (unpaired) electrons. The van der Waals surface area contributed by atoms with Crippen molar-refractivity contribution in [2.45, 2.75) is 102 Å². The molecule has 2 amide bonds. The average Bonchev–Trinajstić information content (AvgIpc) is 3.86. The molecule has 4 aliphatic rings. The van der Waals surface area contributed by atoms with E-state index in [1.165, 1.54) is 35.2 Å². The van der Waals surface area contributed by atoms with E-state index in [2.05, 4.69) is 49.1 Å². The fraction of sp³-hybridized carbons (Fsp3) is 0.375. The van der Waals surface area contributed by atoms with E-state index in [0.717, 1.165) is 33.9 Å². The van der Waals surface area contributed by atoms with E-state index >= 15 is 13.6 Å². The van der Waals surface area contributed by atoms with Crippen LogP contribution in [0.5, 0.6) is 0 Å². The summed E-state index contributed by atoms with van der Waals surface area (Å²) in [5.74, 6) is -2.31. The third-order valence-corrected chi connectivity index (χ3v) is 14.4. The van der Waals surface area contributed by atoms with Crippen molar-refractivity contribution in [2.75, 3.05) is 6.61 Å². The Hall–Kier alpha value is -6.88. The van der Waals surface area contributed by atoms with Crippen molar-refractivity contribution in [1.82, 2.24) is 38.5 Å². The zero-order chi connectivity index (χ0) is 45.4. The first kappa shape index (κ1) is 40.9. The number of nitrogens with one attached hydrogen (secondary N) is 1. The van der Waals surface area contributed by atoms with Gasteiger partial charge in [-0.15, -0.1) is 0 Å². The predicted octanol–water partition coefficient (Wildman–Crippen LogP) is 6.80. The molecular formula is C48H47F2N9O6.